The van der Waals surface area contributed by atoms with Gasteiger partial charge >= 0.3 is 5.69 Å². The lowest BCUT2D eigenvalue weighted by molar-refractivity contribution is 0.414. The molecule has 1 atom stereocenters. The van der Waals surface area contributed by atoms with E-state index in [4.69, 9.17) is 15.5 Å². The van der Waals surface area contributed by atoms with E-state index in [1.165, 1.54) is 11.6 Å². The first-order valence-corrected chi connectivity index (χ1v) is 10.8. The number of rotatable bonds is 5. The van der Waals surface area contributed by atoms with Gasteiger partial charge in [0.2, 0.25) is 5.95 Å². The fourth-order valence-corrected chi connectivity index (χ4v) is 4.14. The third kappa shape index (κ3) is 3.84. The van der Waals surface area contributed by atoms with Crippen molar-refractivity contribution < 1.29 is 4.74 Å². The zero-order valence-electron chi connectivity index (χ0n) is 19.0. The van der Waals surface area contributed by atoms with E-state index in [-0.39, 0.29) is 11.6 Å². The molecule has 1 aliphatic heterocycles. The van der Waals surface area contributed by atoms with Gasteiger partial charge in [0.15, 0.2) is 11.2 Å². The molecule has 2 aromatic heterocycles. The van der Waals surface area contributed by atoms with E-state index in [9.17, 15) is 9.59 Å². The molecule has 1 aromatic carbocycles. The van der Waals surface area contributed by atoms with Crippen LogP contribution in [0.4, 0.5) is 5.95 Å². The van der Waals surface area contributed by atoms with E-state index in [1.54, 1.807) is 19.2 Å². The molecular formula is C23H30N6O3. The van der Waals surface area contributed by atoms with Crippen LogP contribution in [-0.4, -0.2) is 44.9 Å². The number of aromatic nitrogens is 4. The molecule has 1 fully saturated rings. The zero-order chi connectivity index (χ0) is 23.0. The third-order valence-corrected chi connectivity index (χ3v) is 5.86. The van der Waals surface area contributed by atoms with Crippen LogP contribution in [0.1, 0.15) is 26.7 Å². The van der Waals surface area contributed by atoms with E-state index < -0.39 is 5.69 Å². The van der Waals surface area contributed by atoms with Crippen LogP contribution in [0.3, 0.4) is 0 Å². The standard InChI is InChI=1S/C23H30N6O3/c1-15(2)10-12-28-19-20(25-22(28)27-11-6-7-16(24)14-27)29(23(31)26(3)21(19)30)17-8-5-9-18(13-17)32-4/h5,8-10,13,16H,6-7,11-12,14,24H2,1-4H3. The van der Waals surface area contributed by atoms with Crippen LogP contribution in [0, 0.1) is 0 Å². The number of anilines is 1. The van der Waals surface area contributed by atoms with E-state index in [2.05, 4.69) is 11.0 Å². The lowest BCUT2D eigenvalue weighted by Crippen LogP contribution is -2.44. The van der Waals surface area contributed by atoms with Crippen LogP contribution in [0.15, 0.2) is 45.5 Å². The Morgan fingerprint density at radius 2 is 2.09 bits per heavy atom. The number of nitrogens with zero attached hydrogens (tertiary/aromatic N) is 5. The molecule has 0 saturated carbocycles. The molecule has 4 rings (SSSR count). The summed E-state index contributed by atoms with van der Waals surface area (Å²) >= 11 is 0. The molecule has 1 saturated heterocycles. The molecule has 32 heavy (non-hydrogen) atoms. The van der Waals surface area contributed by atoms with Crippen LogP contribution in [0.5, 0.6) is 5.75 Å². The molecular weight excluding hydrogens is 408 g/mol. The Bertz CT molecular complexity index is 1300. The van der Waals surface area contributed by atoms with Crippen molar-refractivity contribution in [2.75, 3.05) is 25.1 Å². The minimum Gasteiger partial charge on any atom is -0.497 e. The minimum atomic E-state index is -0.454. The topological polar surface area (TPSA) is 100 Å². The lowest BCUT2D eigenvalue weighted by atomic mass is 10.1. The van der Waals surface area contributed by atoms with Crippen molar-refractivity contribution in [2.45, 2.75) is 39.3 Å². The first-order valence-electron chi connectivity index (χ1n) is 10.8. The van der Waals surface area contributed by atoms with Gasteiger partial charge in [-0.3, -0.25) is 9.36 Å². The number of hydrogen-bond acceptors (Lipinski definition) is 6. The van der Waals surface area contributed by atoms with Gasteiger partial charge < -0.3 is 19.9 Å². The maximum atomic E-state index is 13.3. The lowest BCUT2D eigenvalue weighted by Gasteiger charge is -2.31. The maximum absolute atomic E-state index is 13.3. The van der Waals surface area contributed by atoms with Crippen LogP contribution >= 0.6 is 0 Å². The number of allylic oxidation sites excluding steroid dienone is 2. The number of ether oxygens (including phenoxy) is 1. The second-order valence-electron chi connectivity index (χ2n) is 8.51. The SMILES string of the molecule is COc1cccc(-n2c(=O)n(C)c(=O)c3c2nc(N2CCCC(N)C2)n3CC=C(C)C)c1. The Hall–Kier alpha value is -3.33. The summed E-state index contributed by atoms with van der Waals surface area (Å²) in [6, 6.07) is 7.23. The van der Waals surface area contributed by atoms with E-state index in [0.717, 1.165) is 29.5 Å². The minimum absolute atomic E-state index is 0.0453. The summed E-state index contributed by atoms with van der Waals surface area (Å²) < 4.78 is 9.86. The normalized spacial score (nSPS) is 16.4. The van der Waals surface area contributed by atoms with Crippen LogP contribution in [0.25, 0.3) is 16.9 Å². The average molecular weight is 439 g/mol. The largest absolute Gasteiger partial charge is 0.497 e. The molecule has 0 amide bonds. The molecule has 9 nitrogen and oxygen atoms in total. The number of methoxy groups -OCH3 is 1. The summed E-state index contributed by atoms with van der Waals surface area (Å²) in [4.78, 5) is 33.5. The van der Waals surface area contributed by atoms with Gasteiger partial charge in [-0.05, 0) is 38.8 Å². The van der Waals surface area contributed by atoms with Gasteiger partial charge in [-0.25, -0.2) is 9.36 Å². The number of piperidine rings is 1. The zero-order valence-corrected chi connectivity index (χ0v) is 19.0. The summed E-state index contributed by atoms with van der Waals surface area (Å²) in [5, 5.41) is 0. The van der Waals surface area contributed by atoms with Crippen molar-refractivity contribution in [1.82, 2.24) is 18.7 Å². The van der Waals surface area contributed by atoms with Crippen LogP contribution in [0.2, 0.25) is 0 Å². The van der Waals surface area contributed by atoms with Crippen molar-refractivity contribution in [1.29, 1.82) is 0 Å². The van der Waals surface area contributed by atoms with E-state index in [0.29, 0.717) is 41.6 Å². The predicted octanol–water partition coefficient (Wildman–Crippen LogP) is 1.79. The molecule has 9 heteroatoms. The molecule has 3 heterocycles. The van der Waals surface area contributed by atoms with Gasteiger partial charge in [-0.15, -0.1) is 0 Å². The molecule has 170 valence electrons. The Kier molecular flexibility index (Phi) is 5.92. The Balaban J connectivity index is 2.05. The van der Waals surface area contributed by atoms with E-state index >= 15 is 0 Å². The molecule has 0 spiro atoms. The highest BCUT2D eigenvalue weighted by Gasteiger charge is 2.26. The van der Waals surface area contributed by atoms with Gasteiger partial charge in [0, 0.05) is 38.8 Å². The van der Waals surface area contributed by atoms with Gasteiger partial charge in [0.1, 0.15) is 5.75 Å². The van der Waals surface area contributed by atoms with Gasteiger partial charge in [-0.2, -0.15) is 4.98 Å². The highest BCUT2D eigenvalue weighted by molar-refractivity contribution is 5.76. The fourth-order valence-electron chi connectivity index (χ4n) is 4.14. The number of hydrogen-bond donors (Lipinski definition) is 1. The Morgan fingerprint density at radius 3 is 2.78 bits per heavy atom. The van der Waals surface area contributed by atoms with Crippen LogP contribution in [-0.2, 0) is 13.6 Å². The Morgan fingerprint density at radius 1 is 1.31 bits per heavy atom. The molecule has 0 radical (unpaired) electrons. The molecule has 2 N–H and O–H groups in total. The van der Waals surface area contributed by atoms with Crippen molar-refractivity contribution in [2.24, 2.45) is 12.8 Å². The smallest absolute Gasteiger partial charge is 0.337 e. The monoisotopic (exact) mass is 438 g/mol. The predicted molar refractivity (Wildman–Crippen MR) is 126 cm³/mol. The number of fused-ring (bicyclic) bond motifs is 1. The number of imidazole rings is 1. The van der Waals surface area contributed by atoms with Crippen molar-refractivity contribution in [3.8, 4) is 11.4 Å². The van der Waals surface area contributed by atoms with Crippen LogP contribution < -0.4 is 26.6 Å². The molecule has 1 aliphatic rings. The van der Waals surface area contributed by atoms with Crippen molar-refractivity contribution in [3.63, 3.8) is 0 Å². The number of benzene rings is 1. The summed E-state index contributed by atoms with van der Waals surface area (Å²) in [5.74, 6) is 1.27. The molecule has 1 unspecified atom stereocenters. The Labute approximate surface area is 186 Å². The second kappa shape index (κ2) is 8.66. The summed E-state index contributed by atoms with van der Waals surface area (Å²) in [6.07, 6.45) is 3.96. The van der Waals surface area contributed by atoms with Gasteiger partial charge in [0.05, 0.1) is 12.8 Å². The van der Waals surface area contributed by atoms with Gasteiger partial charge in [0.25, 0.3) is 5.56 Å². The van der Waals surface area contributed by atoms with Crippen molar-refractivity contribution >= 4 is 17.1 Å². The second-order valence-corrected chi connectivity index (χ2v) is 8.51. The highest BCUT2D eigenvalue weighted by atomic mass is 16.5. The van der Waals surface area contributed by atoms with E-state index in [1.807, 2.05) is 30.5 Å². The summed E-state index contributed by atoms with van der Waals surface area (Å²) in [5.41, 5.74) is 7.85. The molecule has 0 aliphatic carbocycles. The average Bonchev–Trinajstić information content (AvgIpc) is 3.15. The maximum Gasteiger partial charge on any atom is 0.337 e. The number of nitrogens with two attached hydrogens (primary N) is 1. The van der Waals surface area contributed by atoms with Crippen molar-refractivity contribution in [3.05, 3.63) is 56.8 Å². The molecule has 0 bridgehead atoms. The fraction of sp³-hybridized carbons (Fsp3) is 0.435. The quantitative estimate of drug-likeness (QED) is 0.610. The first kappa shape index (κ1) is 21.9. The summed E-state index contributed by atoms with van der Waals surface area (Å²) in [7, 11) is 3.07. The van der Waals surface area contributed by atoms with Gasteiger partial charge in [-0.1, -0.05) is 17.7 Å². The highest BCUT2D eigenvalue weighted by Crippen LogP contribution is 2.25. The molecule has 3 aromatic rings. The third-order valence-electron chi connectivity index (χ3n) is 5.86. The first-order chi connectivity index (χ1) is 15.3. The summed E-state index contributed by atoms with van der Waals surface area (Å²) in [6.45, 7) is 5.96.